The van der Waals surface area contributed by atoms with Gasteiger partial charge in [-0.25, -0.2) is 15.2 Å². The van der Waals surface area contributed by atoms with E-state index in [-0.39, 0.29) is 11.7 Å². The highest BCUT2D eigenvalue weighted by molar-refractivity contribution is 5.83. The average Bonchev–Trinajstić information content (AvgIpc) is 3.11. The number of halogens is 1. The van der Waals surface area contributed by atoms with Gasteiger partial charge in [-0.3, -0.25) is 4.79 Å². The van der Waals surface area contributed by atoms with Crippen molar-refractivity contribution in [1.82, 2.24) is 21.7 Å². The van der Waals surface area contributed by atoms with Crippen LogP contribution in [-0.4, -0.2) is 24.7 Å². The Bertz CT molecular complexity index is 758. The molecule has 1 heterocycles. The maximum absolute atomic E-state index is 13.8. The molecule has 2 aromatic rings. The van der Waals surface area contributed by atoms with Crippen molar-refractivity contribution in [2.75, 3.05) is 11.9 Å². The molecule has 0 bridgehead atoms. The van der Waals surface area contributed by atoms with Gasteiger partial charge in [0, 0.05) is 12.1 Å². The predicted octanol–water partition coefficient (Wildman–Crippen LogP) is 1.26. The van der Waals surface area contributed by atoms with E-state index in [1.54, 1.807) is 18.2 Å². The van der Waals surface area contributed by atoms with E-state index >= 15 is 0 Å². The van der Waals surface area contributed by atoms with Gasteiger partial charge in [-0.05, 0) is 25.1 Å². The number of hydrogen-bond donors (Lipinski definition) is 5. The number of carbonyl (C=O) groups is 1. The normalized spacial score (nSPS) is 19.2. The zero-order valence-corrected chi connectivity index (χ0v) is 14.4. The third kappa shape index (κ3) is 4.29. The Kier molecular flexibility index (Phi) is 6.00. The van der Waals surface area contributed by atoms with Gasteiger partial charge in [0.2, 0.25) is 5.91 Å². The minimum Gasteiger partial charge on any atom is -0.494 e. The highest BCUT2D eigenvalue weighted by atomic mass is 19.1. The summed E-state index contributed by atoms with van der Waals surface area (Å²) in [4.78, 5) is 12.5. The summed E-state index contributed by atoms with van der Waals surface area (Å²) in [6, 6.07) is 13.2. The van der Waals surface area contributed by atoms with Crippen LogP contribution in [0.1, 0.15) is 12.5 Å². The topological polar surface area (TPSA) is 86.5 Å². The molecule has 2 atom stereocenters. The zero-order valence-electron chi connectivity index (χ0n) is 14.4. The fourth-order valence-corrected chi connectivity index (χ4v) is 2.68. The smallest absolute Gasteiger partial charge is 0.242 e. The van der Waals surface area contributed by atoms with Gasteiger partial charge in [0.25, 0.3) is 0 Å². The second-order valence-electron chi connectivity index (χ2n) is 5.75. The molecule has 0 saturated carbocycles. The van der Waals surface area contributed by atoms with E-state index in [1.165, 1.54) is 6.07 Å². The van der Waals surface area contributed by atoms with Crippen molar-refractivity contribution in [2.45, 2.75) is 25.7 Å². The summed E-state index contributed by atoms with van der Waals surface area (Å²) in [5, 5.41) is 5.85. The Morgan fingerprint density at radius 2 is 1.92 bits per heavy atom. The van der Waals surface area contributed by atoms with Crippen LogP contribution < -0.4 is 31.8 Å². The molecule has 0 spiro atoms. The van der Waals surface area contributed by atoms with Crippen molar-refractivity contribution in [3.63, 3.8) is 0 Å². The maximum atomic E-state index is 13.8. The zero-order chi connectivity index (χ0) is 18.4. The van der Waals surface area contributed by atoms with Crippen LogP contribution in [0, 0.1) is 5.82 Å². The van der Waals surface area contributed by atoms with Gasteiger partial charge in [-0.2, -0.15) is 5.53 Å². The number of ether oxygens (including phenoxy) is 1. The van der Waals surface area contributed by atoms with Gasteiger partial charge in [-0.15, -0.1) is 0 Å². The monoisotopic (exact) mass is 359 g/mol. The molecule has 1 aliphatic rings. The number of anilines is 1. The molecule has 2 aromatic carbocycles. The fraction of sp³-hybridized carbons (Fsp3) is 0.278. The van der Waals surface area contributed by atoms with Gasteiger partial charge in [0.15, 0.2) is 0 Å². The van der Waals surface area contributed by atoms with Gasteiger partial charge in [0.1, 0.15) is 23.8 Å². The summed E-state index contributed by atoms with van der Waals surface area (Å²) in [7, 11) is 0. The summed E-state index contributed by atoms with van der Waals surface area (Å²) in [6.07, 6.45) is -0.519. The van der Waals surface area contributed by atoms with E-state index in [0.29, 0.717) is 18.8 Å². The van der Waals surface area contributed by atoms with Crippen LogP contribution in [0.25, 0.3) is 0 Å². The van der Waals surface area contributed by atoms with Crippen LogP contribution in [0.4, 0.5) is 10.1 Å². The predicted molar refractivity (Wildman–Crippen MR) is 96.5 cm³/mol. The lowest BCUT2D eigenvalue weighted by Gasteiger charge is -2.20. The van der Waals surface area contributed by atoms with Crippen molar-refractivity contribution in [2.24, 2.45) is 0 Å². The number of hydrogen-bond acceptors (Lipinski definition) is 6. The quantitative estimate of drug-likeness (QED) is 0.512. The minimum absolute atomic E-state index is 0.234. The Labute approximate surface area is 151 Å². The molecule has 5 N–H and O–H groups in total. The summed E-state index contributed by atoms with van der Waals surface area (Å²) in [6.45, 7) is 2.80. The molecule has 0 aliphatic carbocycles. The first-order valence-electron chi connectivity index (χ1n) is 8.44. The molecular weight excluding hydrogens is 337 g/mol. The number of nitrogens with one attached hydrogen (secondary N) is 5. The van der Waals surface area contributed by atoms with Crippen molar-refractivity contribution in [1.29, 1.82) is 0 Å². The van der Waals surface area contributed by atoms with E-state index in [4.69, 9.17) is 4.74 Å². The Morgan fingerprint density at radius 3 is 2.73 bits per heavy atom. The molecule has 2 unspecified atom stereocenters. The third-order valence-corrected chi connectivity index (χ3v) is 3.98. The molecule has 26 heavy (non-hydrogen) atoms. The van der Waals surface area contributed by atoms with Gasteiger partial charge in [0.05, 0.1) is 12.3 Å². The Balaban J connectivity index is 1.61. The van der Waals surface area contributed by atoms with E-state index in [0.717, 1.165) is 11.3 Å². The lowest BCUT2D eigenvalue weighted by atomic mass is 10.1. The molecule has 0 radical (unpaired) electrons. The Hall–Kier alpha value is -2.68. The third-order valence-electron chi connectivity index (χ3n) is 3.98. The molecule has 1 saturated heterocycles. The largest absolute Gasteiger partial charge is 0.494 e. The van der Waals surface area contributed by atoms with E-state index in [9.17, 15) is 9.18 Å². The SMILES string of the molecule is CCOc1ccccc1CNC(=O)C1NNNC1Nc1ccccc1F. The minimum atomic E-state index is -0.631. The number of benzene rings is 2. The number of para-hydroxylation sites is 2. The van der Waals surface area contributed by atoms with Crippen LogP contribution in [0.5, 0.6) is 5.75 Å². The number of rotatable bonds is 7. The highest BCUT2D eigenvalue weighted by Gasteiger charge is 2.33. The number of carbonyl (C=O) groups excluding carboxylic acids is 1. The first kappa shape index (κ1) is 18.1. The average molecular weight is 359 g/mol. The number of hydrazine groups is 2. The molecule has 0 aromatic heterocycles. The maximum Gasteiger partial charge on any atom is 0.242 e. The van der Waals surface area contributed by atoms with E-state index in [2.05, 4.69) is 27.0 Å². The molecular formula is C18H22FN5O2. The van der Waals surface area contributed by atoms with Gasteiger partial charge >= 0.3 is 0 Å². The lowest BCUT2D eigenvalue weighted by molar-refractivity contribution is -0.123. The molecule has 1 amide bonds. The molecule has 1 fully saturated rings. The van der Waals surface area contributed by atoms with Crippen molar-refractivity contribution in [3.8, 4) is 5.75 Å². The molecule has 7 nitrogen and oxygen atoms in total. The van der Waals surface area contributed by atoms with Gasteiger partial charge in [-0.1, -0.05) is 30.3 Å². The number of amides is 1. The summed E-state index contributed by atoms with van der Waals surface area (Å²) in [5.41, 5.74) is 9.61. The van der Waals surface area contributed by atoms with Crippen LogP contribution in [0.15, 0.2) is 48.5 Å². The second-order valence-corrected chi connectivity index (χ2v) is 5.75. The molecule has 1 aliphatic heterocycles. The van der Waals surface area contributed by atoms with Crippen LogP contribution in [0.3, 0.4) is 0 Å². The van der Waals surface area contributed by atoms with Crippen LogP contribution in [0.2, 0.25) is 0 Å². The fourth-order valence-electron chi connectivity index (χ4n) is 2.68. The second kappa shape index (κ2) is 8.61. The Morgan fingerprint density at radius 1 is 1.15 bits per heavy atom. The van der Waals surface area contributed by atoms with Crippen molar-refractivity contribution < 1.29 is 13.9 Å². The first-order valence-corrected chi connectivity index (χ1v) is 8.44. The van der Waals surface area contributed by atoms with Crippen molar-refractivity contribution in [3.05, 3.63) is 59.9 Å². The van der Waals surface area contributed by atoms with Crippen LogP contribution in [-0.2, 0) is 11.3 Å². The van der Waals surface area contributed by atoms with Crippen molar-refractivity contribution >= 4 is 11.6 Å². The molecule has 138 valence electrons. The lowest BCUT2D eigenvalue weighted by Crippen LogP contribution is -2.50. The summed E-state index contributed by atoms with van der Waals surface area (Å²) >= 11 is 0. The molecule has 3 rings (SSSR count). The molecule has 8 heteroatoms. The highest BCUT2D eigenvalue weighted by Crippen LogP contribution is 2.18. The van der Waals surface area contributed by atoms with Gasteiger partial charge < -0.3 is 15.4 Å². The first-order chi connectivity index (χ1) is 12.7. The van der Waals surface area contributed by atoms with Crippen LogP contribution >= 0.6 is 0 Å². The van der Waals surface area contributed by atoms with E-state index < -0.39 is 12.2 Å². The summed E-state index contributed by atoms with van der Waals surface area (Å²) < 4.78 is 19.4. The summed E-state index contributed by atoms with van der Waals surface area (Å²) in [5.74, 6) is 0.126. The van der Waals surface area contributed by atoms with E-state index in [1.807, 2.05) is 31.2 Å². The standard InChI is InChI=1S/C18H22FN5O2/c1-2-26-15-10-6-3-7-12(15)11-20-18(25)16-17(23-24-22-16)21-14-9-5-4-8-13(14)19/h3-10,16-17,21-24H,2,11H2,1H3,(H,20,25).